The summed E-state index contributed by atoms with van der Waals surface area (Å²) in [6.07, 6.45) is 4.78. The highest BCUT2D eigenvalue weighted by Gasteiger charge is 2.11. The maximum Gasteiger partial charge on any atom is 0.254 e. The number of hydrogen-bond donors (Lipinski definition) is 2. The first-order valence-corrected chi connectivity index (χ1v) is 8.95. The number of thiazole rings is 1. The van der Waals surface area contributed by atoms with Crippen LogP contribution in [0.25, 0.3) is 10.6 Å². The Morgan fingerprint density at radius 1 is 1.15 bits per heavy atom. The van der Waals surface area contributed by atoms with Crippen molar-refractivity contribution in [1.29, 1.82) is 0 Å². The summed E-state index contributed by atoms with van der Waals surface area (Å²) in [6.45, 7) is 3.07. The molecular weight excluding hydrogens is 350 g/mol. The number of carbonyl (C=O) groups excluding carboxylic acids is 1. The number of methoxy groups -OCH3 is 1. The van der Waals surface area contributed by atoms with Gasteiger partial charge in [0.25, 0.3) is 5.91 Å². The highest BCUT2D eigenvalue weighted by atomic mass is 32.1. The highest BCUT2D eigenvalue weighted by molar-refractivity contribution is 7.15. The van der Waals surface area contributed by atoms with Gasteiger partial charge in [0, 0.05) is 30.0 Å². The Morgan fingerprint density at radius 2 is 1.92 bits per heavy atom. The molecular formula is C18H19N5O2S. The predicted octanol–water partition coefficient (Wildman–Crippen LogP) is 2.97. The fraction of sp³-hybridized carbons (Fsp3) is 0.222. The quantitative estimate of drug-likeness (QED) is 0.666. The average molecular weight is 369 g/mol. The monoisotopic (exact) mass is 369 g/mol. The molecule has 26 heavy (non-hydrogen) atoms. The Hall–Kier alpha value is -3.00. The average Bonchev–Trinajstić information content (AvgIpc) is 3.16. The standard InChI is InChI=1S/C18H19N5O2S/c1-3-19-18-22-8-12(9-23-18)16(24)20-10-13-11-21-17(26-13)14-6-4-5-7-15(14)25-2/h4-9,11H,3,10H2,1-2H3,(H,20,24)(H,19,22,23). The van der Waals surface area contributed by atoms with Gasteiger partial charge in [-0.05, 0) is 19.1 Å². The van der Waals surface area contributed by atoms with Crippen molar-refractivity contribution in [3.05, 3.63) is 53.3 Å². The van der Waals surface area contributed by atoms with Crippen LogP contribution in [0.5, 0.6) is 5.75 Å². The number of ether oxygens (including phenoxy) is 1. The molecule has 0 fully saturated rings. The summed E-state index contributed by atoms with van der Waals surface area (Å²) in [5.41, 5.74) is 1.35. The molecule has 3 aromatic rings. The lowest BCUT2D eigenvalue weighted by Crippen LogP contribution is -2.22. The van der Waals surface area contributed by atoms with Gasteiger partial charge >= 0.3 is 0 Å². The topological polar surface area (TPSA) is 89.0 Å². The first kappa shape index (κ1) is 17.8. The summed E-state index contributed by atoms with van der Waals surface area (Å²) in [6, 6.07) is 7.72. The van der Waals surface area contributed by atoms with Crippen molar-refractivity contribution < 1.29 is 9.53 Å². The number of anilines is 1. The van der Waals surface area contributed by atoms with Crippen molar-refractivity contribution in [2.45, 2.75) is 13.5 Å². The molecule has 134 valence electrons. The van der Waals surface area contributed by atoms with Crippen molar-refractivity contribution in [3.8, 4) is 16.3 Å². The van der Waals surface area contributed by atoms with E-state index < -0.39 is 0 Å². The fourth-order valence-corrected chi connectivity index (χ4v) is 3.18. The zero-order chi connectivity index (χ0) is 18.4. The van der Waals surface area contributed by atoms with Gasteiger partial charge in [-0.15, -0.1) is 11.3 Å². The maximum atomic E-state index is 12.2. The van der Waals surface area contributed by atoms with E-state index in [1.165, 1.54) is 23.7 Å². The smallest absolute Gasteiger partial charge is 0.254 e. The van der Waals surface area contributed by atoms with Crippen LogP contribution in [0, 0.1) is 0 Å². The molecule has 3 rings (SSSR count). The molecule has 0 aliphatic rings. The molecule has 0 aliphatic carbocycles. The molecule has 2 heterocycles. The Labute approximate surface area is 155 Å². The number of para-hydroxylation sites is 1. The minimum absolute atomic E-state index is 0.222. The summed E-state index contributed by atoms with van der Waals surface area (Å²) in [5.74, 6) is 1.06. The van der Waals surface area contributed by atoms with E-state index in [9.17, 15) is 4.79 Å². The van der Waals surface area contributed by atoms with Gasteiger partial charge in [-0.3, -0.25) is 4.79 Å². The number of nitrogens with one attached hydrogen (secondary N) is 2. The van der Waals surface area contributed by atoms with Crippen molar-refractivity contribution in [2.75, 3.05) is 19.0 Å². The number of carbonyl (C=O) groups is 1. The van der Waals surface area contributed by atoms with Crippen molar-refractivity contribution in [3.63, 3.8) is 0 Å². The van der Waals surface area contributed by atoms with E-state index in [-0.39, 0.29) is 5.91 Å². The van der Waals surface area contributed by atoms with E-state index in [2.05, 4.69) is 25.6 Å². The second-order valence-corrected chi connectivity index (χ2v) is 6.46. The first-order valence-electron chi connectivity index (χ1n) is 8.13. The highest BCUT2D eigenvalue weighted by Crippen LogP contribution is 2.32. The molecule has 0 saturated carbocycles. The molecule has 0 atom stereocenters. The first-order chi connectivity index (χ1) is 12.7. The van der Waals surface area contributed by atoms with E-state index in [1.807, 2.05) is 31.2 Å². The number of amides is 1. The van der Waals surface area contributed by atoms with E-state index in [1.54, 1.807) is 13.3 Å². The normalized spacial score (nSPS) is 10.4. The van der Waals surface area contributed by atoms with Gasteiger partial charge in [0.15, 0.2) is 0 Å². The number of hydrogen-bond acceptors (Lipinski definition) is 7. The van der Waals surface area contributed by atoms with Crippen molar-refractivity contribution in [2.24, 2.45) is 0 Å². The summed E-state index contributed by atoms with van der Waals surface area (Å²) in [4.78, 5) is 25.8. The molecule has 0 unspecified atom stereocenters. The van der Waals surface area contributed by atoms with Crippen LogP contribution in [0.15, 0.2) is 42.9 Å². The van der Waals surface area contributed by atoms with Gasteiger partial charge in [-0.25, -0.2) is 15.0 Å². The summed E-state index contributed by atoms with van der Waals surface area (Å²) in [7, 11) is 1.64. The molecule has 0 saturated heterocycles. The zero-order valence-corrected chi connectivity index (χ0v) is 15.3. The van der Waals surface area contributed by atoms with Crippen LogP contribution in [0.2, 0.25) is 0 Å². The van der Waals surface area contributed by atoms with Crippen LogP contribution in [0.4, 0.5) is 5.95 Å². The third kappa shape index (κ3) is 4.15. The molecule has 0 spiro atoms. The SMILES string of the molecule is CCNc1ncc(C(=O)NCc2cnc(-c3ccccc3OC)s2)cn1. The second kappa shape index (κ2) is 8.39. The Balaban J connectivity index is 1.63. The van der Waals surface area contributed by atoms with E-state index in [0.717, 1.165) is 27.7 Å². The zero-order valence-electron chi connectivity index (χ0n) is 14.5. The van der Waals surface area contributed by atoms with E-state index >= 15 is 0 Å². The van der Waals surface area contributed by atoms with Gasteiger partial charge in [-0.2, -0.15) is 0 Å². The molecule has 7 nitrogen and oxygen atoms in total. The minimum atomic E-state index is -0.222. The number of aromatic nitrogens is 3. The molecule has 0 aliphatic heterocycles. The predicted molar refractivity (Wildman–Crippen MR) is 101 cm³/mol. The molecule has 0 bridgehead atoms. The number of benzene rings is 1. The van der Waals surface area contributed by atoms with Gasteiger partial charge in [0.05, 0.1) is 24.8 Å². The lowest BCUT2D eigenvalue weighted by atomic mass is 10.2. The van der Waals surface area contributed by atoms with Crippen LogP contribution in [-0.4, -0.2) is 34.5 Å². The molecule has 1 amide bonds. The molecule has 1 aromatic carbocycles. The van der Waals surface area contributed by atoms with Crippen molar-refractivity contribution in [1.82, 2.24) is 20.3 Å². The van der Waals surface area contributed by atoms with Gasteiger partial charge < -0.3 is 15.4 Å². The Morgan fingerprint density at radius 3 is 2.65 bits per heavy atom. The summed E-state index contributed by atoms with van der Waals surface area (Å²) in [5, 5.41) is 6.70. The maximum absolute atomic E-state index is 12.2. The summed E-state index contributed by atoms with van der Waals surface area (Å²) >= 11 is 1.51. The summed E-state index contributed by atoms with van der Waals surface area (Å²) < 4.78 is 5.37. The Kier molecular flexibility index (Phi) is 5.75. The lowest BCUT2D eigenvalue weighted by molar-refractivity contribution is 0.0950. The van der Waals surface area contributed by atoms with Gasteiger partial charge in [0.2, 0.25) is 5.95 Å². The van der Waals surface area contributed by atoms with Gasteiger partial charge in [0.1, 0.15) is 10.8 Å². The Bertz CT molecular complexity index is 879. The van der Waals surface area contributed by atoms with Crippen LogP contribution >= 0.6 is 11.3 Å². The van der Waals surface area contributed by atoms with E-state index in [0.29, 0.717) is 18.1 Å². The minimum Gasteiger partial charge on any atom is -0.496 e. The van der Waals surface area contributed by atoms with Crippen LogP contribution in [0.1, 0.15) is 22.2 Å². The molecule has 2 aromatic heterocycles. The van der Waals surface area contributed by atoms with Crippen molar-refractivity contribution >= 4 is 23.2 Å². The fourth-order valence-electron chi connectivity index (χ4n) is 2.30. The largest absolute Gasteiger partial charge is 0.496 e. The molecule has 0 radical (unpaired) electrons. The second-order valence-electron chi connectivity index (χ2n) is 5.34. The van der Waals surface area contributed by atoms with Crippen LogP contribution in [0.3, 0.4) is 0 Å². The van der Waals surface area contributed by atoms with Crippen LogP contribution in [-0.2, 0) is 6.54 Å². The third-order valence-corrected chi connectivity index (χ3v) is 4.59. The van der Waals surface area contributed by atoms with Crippen LogP contribution < -0.4 is 15.4 Å². The number of rotatable bonds is 7. The number of nitrogens with zero attached hydrogens (tertiary/aromatic N) is 3. The third-order valence-electron chi connectivity index (χ3n) is 3.56. The molecule has 8 heteroatoms. The van der Waals surface area contributed by atoms with Gasteiger partial charge in [-0.1, -0.05) is 12.1 Å². The lowest BCUT2D eigenvalue weighted by Gasteiger charge is -2.05. The van der Waals surface area contributed by atoms with E-state index in [4.69, 9.17) is 4.74 Å². The molecule has 2 N–H and O–H groups in total.